The summed E-state index contributed by atoms with van der Waals surface area (Å²) in [6.07, 6.45) is 1.45. The van der Waals surface area contributed by atoms with Crippen LogP contribution in [0.15, 0.2) is 48.5 Å². The van der Waals surface area contributed by atoms with Gasteiger partial charge < -0.3 is 4.90 Å². The zero-order valence-electron chi connectivity index (χ0n) is 11.1. The topological polar surface area (TPSA) is 20.3 Å². The molecule has 0 bridgehead atoms. The number of anilines is 1. The van der Waals surface area contributed by atoms with E-state index in [4.69, 9.17) is 0 Å². The standard InChI is InChI=1S/C17H17NO/c1-13-7-8-16-15(11-13)9-10-18(16)17(19)12-14-5-3-2-4-6-14/h2-8,11H,9-10,12H2,1H3. The molecule has 96 valence electrons. The van der Waals surface area contributed by atoms with E-state index in [0.29, 0.717) is 6.42 Å². The van der Waals surface area contributed by atoms with Gasteiger partial charge in [-0.05, 0) is 30.5 Å². The molecule has 0 saturated carbocycles. The first-order valence-corrected chi connectivity index (χ1v) is 6.68. The van der Waals surface area contributed by atoms with Gasteiger partial charge in [0, 0.05) is 12.2 Å². The molecule has 2 nitrogen and oxygen atoms in total. The van der Waals surface area contributed by atoms with Gasteiger partial charge in [0.15, 0.2) is 0 Å². The van der Waals surface area contributed by atoms with Crippen molar-refractivity contribution in [3.05, 3.63) is 65.2 Å². The lowest BCUT2D eigenvalue weighted by Crippen LogP contribution is -2.30. The summed E-state index contributed by atoms with van der Waals surface area (Å²) in [7, 11) is 0. The van der Waals surface area contributed by atoms with Gasteiger partial charge >= 0.3 is 0 Å². The summed E-state index contributed by atoms with van der Waals surface area (Å²) in [5.74, 6) is 0.189. The molecule has 0 aromatic heterocycles. The van der Waals surface area contributed by atoms with E-state index in [9.17, 15) is 4.79 Å². The average Bonchev–Trinajstić information content (AvgIpc) is 2.82. The maximum atomic E-state index is 12.4. The lowest BCUT2D eigenvalue weighted by molar-refractivity contribution is -0.117. The first kappa shape index (κ1) is 12.0. The highest BCUT2D eigenvalue weighted by molar-refractivity contribution is 5.96. The van der Waals surface area contributed by atoms with Crippen LogP contribution in [-0.2, 0) is 17.6 Å². The van der Waals surface area contributed by atoms with Crippen LogP contribution in [0.2, 0.25) is 0 Å². The summed E-state index contributed by atoms with van der Waals surface area (Å²) in [5, 5.41) is 0. The predicted molar refractivity (Wildman–Crippen MR) is 77.4 cm³/mol. The van der Waals surface area contributed by atoms with E-state index in [0.717, 1.165) is 24.2 Å². The Labute approximate surface area is 113 Å². The predicted octanol–water partition coefficient (Wildman–Crippen LogP) is 3.13. The molecule has 2 heteroatoms. The fourth-order valence-corrected chi connectivity index (χ4v) is 2.66. The van der Waals surface area contributed by atoms with Crippen LogP contribution in [0.3, 0.4) is 0 Å². The number of benzene rings is 2. The van der Waals surface area contributed by atoms with Gasteiger partial charge in [-0.15, -0.1) is 0 Å². The molecule has 2 aromatic rings. The first-order valence-electron chi connectivity index (χ1n) is 6.68. The van der Waals surface area contributed by atoms with Crippen LogP contribution in [0.1, 0.15) is 16.7 Å². The molecule has 3 rings (SSSR count). The minimum Gasteiger partial charge on any atom is -0.312 e. The van der Waals surface area contributed by atoms with Crippen LogP contribution < -0.4 is 4.90 Å². The van der Waals surface area contributed by atoms with E-state index in [1.165, 1.54) is 11.1 Å². The Balaban J connectivity index is 1.80. The molecular formula is C17H17NO. The molecule has 1 aliphatic heterocycles. The van der Waals surface area contributed by atoms with Crippen LogP contribution >= 0.6 is 0 Å². The lowest BCUT2D eigenvalue weighted by Gasteiger charge is -2.17. The highest BCUT2D eigenvalue weighted by Gasteiger charge is 2.24. The van der Waals surface area contributed by atoms with Crippen molar-refractivity contribution < 1.29 is 4.79 Å². The number of amides is 1. The van der Waals surface area contributed by atoms with E-state index in [2.05, 4.69) is 25.1 Å². The second kappa shape index (κ2) is 4.88. The molecule has 0 spiro atoms. The number of carbonyl (C=O) groups excluding carboxylic acids is 1. The molecule has 19 heavy (non-hydrogen) atoms. The van der Waals surface area contributed by atoms with Gasteiger partial charge in [-0.1, -0.05) is 48.0 Å². The van der Waals surface area contributed by atoms with Crippen LogP contribution in [0.25, 0.3) is 0 Å². The number of rotatable bonds is 2. The number of carbonyl (C=O) groups is 1. The van der Waals surface area contributed by atoms with Crippen molar-refractivity contribution in [2.24, 2.45) is 0 Å². The zero-order chi connectivity index (χ0) is 13.2. The highest BCUT2D eigenvalue weighted by atomic mass is 16.2. The maximum absolute atomic E-state index is 12.4. The normalized spacial score (nSPS) is 13.4. The minimum atomic E-state index is 0.189. The van der Waals surface area contributed by atoms with Crippen LogP contribution in [0.5, 0.6) is 0 Å². The van der Waals surface area contributed by atoms with Gasteiger partial charge in [0.2, 0.25) is 5.91 Å². The van der Waals surface area contributed by atoms with Gasteiger partial charge in [0.05, 0.1) is 6.42 Å². The first-order chi connectivity index (χ1) is 9.24. The number of nitrogens with zero attached hydrogens (tertiary/aromatic N) is 1. The van der Waals surface area contributed by atoms with Crippen molar-refractivity contribution in [3.63, 3.8) is 0 Å². The fourth-order valence-electron chi connectivity index (χ4n) is 2.66. The molecule has 2 aromatic carbocycles. The van der Waals surface area contributed by atoms with E-state index in [1.807, 2.05) is 35.2 Å². The Morgan fingerprint density at radius 1 is 1.16 bits per heavy atom. The molecule has 0 N–H and O–H groups in total. The van der Waals surface area contributed by atoms with Crippen LogP contribution in [0, 0.1) is 6.92 Å². The summed E-state index contributed by atoms with van der Waals surface area (Å²) < 4.78 is 0. The molecule has 0 aliphatic carbocycles. The third-order valence-corrected chi connectivity index (χ3v) is 3.63. The van der Waals surface area contributed by atoms with Crippen molar-refractivity contribution >= 4 is 11.6 Å². The average molecular weight is 251 g/mol. The van der Waals surface area contributed by atoms with Gasteiger partial charge in [-0.25, -0.2) is 0 Å². The van der Waals surface area contributed by atoms with E-state index in [1.54, 1.807) is 0 Å². The largest absolute Gasteiger partial charge is 0.312 e. The number of aryl methyl sites for hydroxylation is 1. The quantitative estimate of drug-likeness (QED) is 0.803. The Kier molecular flexibility index (Phi) is 3.08. The molecule has 0 radical (unpaired) electrons. The van der Waals surface area contributed by atoms with Crippen molar-refractivity contribution in [3.8, 4) is 0 Å². The van der Waals surface area contributed by atoms with Gasteiger partial charge in [0.1, 0.15) is 0 Å². The molecule has 1 heterocycles. The van der Waals surface area contributed by atoms with E-state index < -0.39 is 0 Å². The van der Waals surface area contributed by atoms with Crippen molar-refractivity contribution in [1.29, 1.82) is 0 Å². The minimum absolute atomic E-state index is 0.189. The van der Waals surface area contributed by atoms with Gasteiger partial charge in [0.25, 0.3) is 0 Å². The molecule has 0 atom stereocenters. The second-order valence-electron chi connectivity index (χ2n) is 5.09. The third-order valence-electron chi connectivity index (χ3n) is 3.63. The lowest BCUT2D eigenvalue weighted by atomic mass is 10.1. The fraction of sp³-hybridized carbons (Fsp3) is 0.235. The summed E-state index contributed by atoms with van der Waals surface area (Å²) in [6, 6.07) is 16.3. The van der Waals surface area contributed by atoms with Crippen LogP contribution in [0.4, 0.5) is 5.69 Å². The Morgan fingerprint density at radius 2 is 1.95 bits per heavy atom. The Bertz CT molecular complexity index is 604. The summed E-state index contributed by atoms with van der Waals surface area (Å²) in [6.45, 7) is 2.90. The summed E-state index contributed by atoms with van der Waals surface area (Å²) in [4.78, 5) is 14.3. The molecular weight excluding hydrogens is 234 g/mol. The molecule has 0 saturated heterocycles. The number of hydrogen-bond donors (Lipinski definition) is 0. The van der Waals surface area contributed by atoms with Crippen molar-refractivity contribution in [1.82, 2.24) is 0 Å². The molecule has 1 aliphatic rings. The number of fused-ring (bicyclic) bond motifs is 1. The summed E-state index contributed by atoms with van der Waals surface area (Å²) in [5.41, 5.74) is 4.72. The van der Waals surface area contributed by atoms with Crippen LogP contribution in [-0.4, -0.2) is 12.5 Å². The highest BCUT2D eigenvalue weighted by Crippen LogP contribution is 2.29. The SMILES string of the molecule is Cc1ccc2c(c1)CCN2C(=O)Cc1ccccc1. The van der Waals surface area contributed by atoms with E-state index >= 15 is 0 Å². The molecule has 0 unspecified atom stereocenters. The second-order valence-corrected chi connectivity index (χ2v) is 5.09. The van der Waals surface area contributed by atoms with Gasteiger partial charge in [-0.2, -0.15) is 0 Å². The van der Waals surface area contributed by atoms with Crippen molar-refractivity contribution in [2.45, 2.75) is 19.8 Å². The maximum Gasteiger partial charge on any atom is 0.231 e. The smallest absolute Gasteiger partial charge is 0.231 e. The third kappa shape index (κ3) is 2.39. The number of hydrogen-bond acceptors (Lipinski definition) is 1. The molecule has 0 fully saturated rings. The van der Waals surface area contributed by atoms with E-state index in [-0.39, 0.29) is 5.91 Å². The molecule has 1 amide bonds. The Hall–Kier alpha value is -2.09. The monoisotopic (exact) mass is 251 g/mol. The zero-order valence-corrected chi connectivity index (χ0v) is 11.1. The van der Waals surface area contributed by atoms with Crippen molar-refractivity contribution in [2.75, 3.05) is 11.4 Å². The van der Waals surface area contributed by atoms with Gasteiger partial charge in [-0.3, -0.25) is 4.79 Å². The summed E-state index contributed by atoms with van der Waals surface area (Å²) >= 11 is 0. The Morgan fingerprint density at radius 3 is 2.74 bits per heavy atom.